The molecule has 1 aromatic carbocycles. The molecule has 5 nitrogen and oxygen atoms in total. The molecule has 2 rings (SSSR count). The molecule has 1 heterocycles. The van der Waals surface area contributed by atoms with E-state index in [4.69, 9.17) is 10.5 Å². The van der Waals surface area contributed by atoms with E-state index in [2.05, 4.69) is 12.6 Å². The Morgan fingerprint density at radius 2 is 1.82 bits per heavy atom. The molecular formula is C11H15NO4S. The predicted octanol–water partition coefficient (Wildman–Crippen LogP) is -0.536. The maximum Gasteiger partial charge on any atom is 0.165 e. The quantitative estimate of drug-likeness (QED) is 0.344. The minimum atomic E-state index is -1.34. The topological polar surface area (TPSA) is 95.9 Å². The third-order valence-electron chi connectivity index (χ3n) is 2.92. The van der Waals surface area contributed by atoms with Gasteiger partial charge in [0.25, 0.3) is 0 Å². The lowest BCUT2D eigenvalue weighted by molar-refractivity contribution is -0.203. The molecule has 1 aromatic rings. The van der Waals surface area contributed by atoms with Crippen LogP contribution in [0.2, 0.25) is 0 Å². The number of rotatable bonds is 1. The lowest BCUT2D eigenvalue weighted by Crippen LogP contribution is -2.56. The molecule has 0 aromatic heterocycles. The average Bonchev–Trinajstić information content (AvgIpc) is 2.33. The van der Waals surface area contributed by atoms with Crippen LogP contribution < -0.4 is 5.73 Å². The summed E-state index contributed by atoms with van der Waals surface area (Å²) in [5.41, 5.74) is 6.72. The zero-order valence-corrected chi connectivity index (χ0v) is 9.92. The maximum atomic E-state index is 9.95. The van der Waals surface area contributed by atoms with Crippen LogP contribution in [0.25, 0.3) is 0 Å². The Morgan fingerprint density at radius 3 is 2.41 bits per heavy atom. The van der Waals surface area contributed by atoms with Gasteiger partial charge in [-0.15, -0.1) is 12.6 Å². The highest BCUT2D eigenvalue weighted by Gasteiger charge is 2.48. The summed E-state index contributed by atoms with van der Waals surface area (Å²) in [6.45, 7) is -0.0912. The normalized spacial score (nSPS) is 38.0. The highest BCUT2D eigenvalue weighted by molar-refractivity contribution is 7.81. The minimum absolute atomic E-state index is 0.0912. The van der Waals surface area contributed by atoms with Gasteiger partial charge < -0.3 is 25.8 Å². The molecule has 1 saturated heterocycles. The molecule has 0 bridgehead atoms. The molecule has 0 saturated carbocycles. The van der Waals surface area contributed by atoms with E-state index < -0.39 is 23.2 Å². The Balaban J connectivity index is 2.32. The SMILES string of the molecule is Nc1ccc([C@@]2(S)OC[C@@H](O)[C@H](O)[C@H]2O)cc1. The molecule has 6 heteroatoms. The second-order valence-corrected chi connectivity index (χ2v) is 4.80. The van der Waals surface area contributed by atoms with Gasteiger partial charge in [0.2, 0.25) is 0 Å². The molecule has 0 unspecified atom stereocenters. The lowest BCUT2D eigenvalue weighted by atomic mass is 9.94. The van der Waals surface area contributed by atoms with Crippen molar-refractivity contribution < 1.29 is 20.1 Å². The van der Waals surface area contributed by atoms with Crippen LogP contribution in [-0.2, 0) is 9.67 Å². The number of aliphatic hydroxyl groups is 3. The first-order valence-corrected chi connectivity index (χ1v) is 5.66. The molecule has 0 aliphatic carbocycles. The number of hydrogen-bond donors (Lipinski definition) is 5. The van der Waals surface area contributed by atoms with Gasteiger partial charge in [0.05, 0.1) is 6.61 Å². The third-order valence-corrected chi connectivity index (χ3v) is 3.57. The summed E-state index contributed by atoms with van der Waals surface area (Å²) in [6.07, 6.45) is -3.73. The second kappa shape index (κ2) is 4.47. The molecule has 1 aliphatic heterocycles. The molecule has 4 atom stereocenters. The smallest absolute Gasteiger partial charge is 0.165 e. The van der Waals surface area contributed by atoms with Crippen LogP contribution in [0.4, 0.5) is 5.69 Å². The van der Waals surface area contributed by atoms with E-state index in [-0.39, 0.29) is 6.61 Å². The molecule has 1 fully saturated rings. The molecule has 1 aliphatic rings. The van der Waals surface area contributed by atoms with Crippen LogP contribution in [0.5, 0.6) is 0 Å². The number of hydrogen-bond acceptors (Lipinski definition) is 6. The van der Waals surface area contributed by atoms with Crippen molar-refractivity contribution >= 4 is 18.3 Å². The number of benzene rings is 1. The van der Waals surface area contributed by atoms with Crippen LogP contribution in [0, 0.1) is 0 Å². The Morgan fingerprint density at radius 1 is 1.24 bits per heavy atom. The fraction of sp³-hybridized carbons (Fsp3) is 0.455. The molecule has 17 heavy (non-hydrogen) atoms. The van der Waals surface area contributed by atoms with E-state index in [9.17, 15) is 15.3 Å². The number of ether oxygens (including phenoxy) is 1. The van der Waals surface area contributed by atoms with Gasteiger partial charge in [-0.25, -0.2) is 0 Å². The molecular weight excluding hydrogens is 242 g/mol. The standard InChI is InChI=1S/C11H15NO4S/c12-7-3-1-6(2-4-7)11(17)10(15)9(14)8(13)5-16-11/h1-4,8-10,13-15,17H,5,12H2/t8-,9+,10-,11+/m1/s1. The number of nitrogens with two attached hydrogens (primary N) is 1. The van der Waals surface area contributed by atoms with Crippen molar-refractivity contribution in [1.29, 1.82) is 0 Å². The lowest BCUT2D eigenvalue weighted by Gasteiger charge is -2.42. The molecule has 5 N–H and O–H groups in total. The summed E-state index contributed by atoms with van der Waals surface area (Å²) in [7, 11) is 0. The average molecular weight is 257 g/mol. The predicted molar refractivity (Wildman–Crippen MR) is 65.5 cm³/mol. The Kier molecular flexibility index (Phi) is 3.33. The first-order chi connectivity index (χ1) is 7.95. The van der Waals surface area contributed by atoms with Gasteiger partial charge in [0.15, 0.2) is 4.93 Å². The van der Waals surface area contributed by atoms with E-state index in [1.54, 1.807) is 24.3 Å². The van der Waals surface area contributed by atoms with Gasteiger partial charge in [-0.1, -0.05) is 12.1 Å². The van der Waals surface area contributed by atoms with Crippen molar-refractivity contribution in [3.05, 3.63) is 29.8 Å². The fourth-order valence-corrected chi connectivity index (χ4v) is 2.19. The fourth-order valence-electron chi connectivity index (χ4n) is 1.81. The largest absolute Gasteiger partial charge is 0.399 e. The zero-order chi connectivity index (χ0) is 12.6. The van der Waals surface area contributed by atoms with Crippen LogP contribution in [-0.4, -0.2) is 40.2 Å². The van der Waals surface area contributed by atoms with E-state index in [0.29, 0.717) is 11.3 Å². The highest BCUT2D eigenvalue weighted by Crippen LogP contribution is 2.39. The minimum Gasteiger partial charge on any atom is -0.399 e. The number of anilines is 1. The monoisotopic (exact) mass is 257 g/mol. The molecule has 0 spiro atoms. The van der Waals surface area contributed by atoms with E-state index >= 15 is 0 Å². The Hall–Kier alpha value is -0.790. The number of thiol groups is 1. The summed E-state index contributed by atoms with van der Waals surface area (Å²) in [4.78, 5) is -1.34. The van der Waals surface area contributed by atoms with Gasteiger partial charge in [0.1, 0.15) is 18.3 Å². The summed E-state index contributed by atoms with van der Waals surface area (Å²) >= 11 is 4.28. The first-order valence-electron chi connectivity index (χ1n) is 5.21. The second-order valence-electron chi connectivity index (χ2n) is 4.13. The highest BCUT2D eigenvalue weighted by atomic mass is 32.1. The number of nitrogen functional groups attached to an aromatic ring is 1. The molecule has 94 valence electrons. The van der Waals surface area contributed by atoms with Gasteiger partial charge in [0, 0.05) is 5.69 Å². The van der Waals surface area contributed by atoms with Crippen molar-refractivity contribution in [3.8, 4) is 0 Å². The van der Waals surface area contributed by atoms with Gasteiger partial charge in [-0.3, -0.25) is 0 Å². The van der Waals surface area contributed by atoms with Crippen LogP contribution >= 0.6 is 12.6 Å². The Labute approximate surface area is 104 Å². The van der Waals surface area contributed by atoms with E-state index in [1.165, 1.54) is 0 Å². The van der Waals surface area contributed by atoms with E-state index in [1.807, 2.05) is 0 Å². The van der Waals surface area contributed by atoms with Crippen LogP contribution in [0.1, 0.15) is 5.56 Å². The summed E-state index contributed by atoms with van der Waals surface area (Å²) in [5.74, 6) is 0. The van der Waals surface area contributed by atoms with Crippen molar-refractivity contribution in [2.45, 2.75) is 23.2 Å². The zero-order valence-electron chi connectivity index (χ0n) is 9.02. The van der Waals surface area contributed by atoms with Gasteiger partial charge >= 0.3 is 0 Å². The van der Waals surface area contributed by atoms with Crippen LogP contribution in [0.15, 0.2) is 24.3 Å². The van der Waals surface area contributed by atoms with Gasteiger partial charge in [-0.2, -0.15) is 0 Å². The third kappa shape index (κ3) is 2.14. The number of aliphatic hydroxyl groups excluding tert-OH is 3. The summed E-state index contributed by atoms with van der Waals surface area (Å²) in [6, 6.07) is 6.63. The molecule has 0 amide bonds. The summed E-state index contributed by atoms with van der Waals surface area (Å²) in [5, 5.41) is 29.0. The van der Waals surface area contributed by atoms with Crippen molar-refractivity contribution in [1.82, 2.24) is 0 Å². The van der Waals surface area contributed by atoms with Crippen molar-refractivity contribution in [2.24, 2.45) is 0 Å². The van der Waals surface area contributed by atoms with Crippen molar-refractivity contribution in [3.63, 3.8) is 0 Å². The molecule has 0 radical (unpaired) electrons. The van der Waals surface area contributed by atoms with Crippen molar-refractivity contribution in [2.75, 3.05) is 12.3 Å². The summed E-state index contributed by atoms with van der Waals surface area (Å²) < 4.78 is 5.35. The Bertz CT molecular complexity index is 399. The maximum absolute atomic E-state index is 9.95. The van der Waals surface area contributed by atoms with E-state index in [0.717, 1.165) is 0 Å². The van der Waals surface area contributed by atoms with Crippen LogP contribution in [0.3, 0.4) is 0 Å². The van der Waals surface area contributed by atoms with Gasteiger partial charge in [-0.05, 0) is 17.7 Å². The first kappa shape index (κ1) is 12.7.